The van der Waals surface area contributed by atoms with Gasteiger partial charge in [-0.1, -0.05) is 13.8 Å². The third kappa shape index (κ3) is 4.69. The second kappa shape index (κ2) is 8.12. The Morgan fingerprint density at radius 1 is 1.10 bits per heavy atom. The Kier molecular flexibility index (Phi) is 6.82. The largest absolute Gasteiger partial charge is 0.497 e. The molecule has 2 N–H and O–H groups in total. The van der Waals surface area contributed by atoms with Crippen LogP contribution in [0.25, 0.3) is 0 Å². The first kappa shape index (κ1) is 16.8. The molecule has 1 rings (SSSR count). The Morgan fingerprint density at radius 2 is 1.65 bits per heavy atom. The van der Waals surface area contributed by atoms with E-state index in [1.165, 1.54) is 0 Å². The summed E-state index contributed by atoms with van der Waals surface area (Å²) in [7, 11) is 5.45. The number of rotatable bonds is 8. The van der Waals surface area contributed by atoms with Crippen LogP contribution in [0.2, 0.25) is 0 Å². The maximum atomic E-state index is 5.97. The lowest BCUT2D eigenvalue weighted by Crippen LogP contribution is -2.31. The van der Waals surface area contributed by atoms with Gasteiger partial charge in [-0.2, -0.15) is 0 Å². The van der Waals surface area contributed by atoms with Gasteiger partial charge in [-0.05, 0) is 43.6 Å². The van der Waals surface area contributed by atoms with Crippen LogP contribution in [0.4, 0.5) is 0 Å². The van der Waals surface area contributed by atoms with E-state index in [0.717, 1.165) is 30.0 Å². The Labute approximate surface area is 122 Å². The highest BCUT2D eigenvalue weighted by Gasteiger charge is 2.17. The van der Waals surface area contributed by atoms with Crippen molar-refractivity contribution in [2.45, 2.75) is 26.3 Å². The van der Waals surface area contributed by atoms with E-state index in [9.17, 15) is 0 Å². The zero-order valence-corrected chi connectivity index (χ0v) is 13.3. The average Bonchev–Trinajstić information content (AvgIpc) is 2.45. The molecule has 4 heteroatoms. The van der Waals surface area contributed by atoms with Gasteiger partial charge in [0.05, 0.1) is 14.2 Å². The summed E-state index contributed by atoms with van der Waals surface area (Å²) in [5, 5.41) is 0. The molecule has 0 spiro atoms. The summed E-state index contributed by atoms with van der Waals surface area (Å²) < 4.78 is 10.7. The molecule has 0 aliphatic carbocycles. The van der Waals surface area contributed by atoms with Crippen molar-refractivity contribution >= 4 is 0 Å². The molecule has 1 aromatic rings. The molecule has 1 atom stereocenters. The van der Waals surface area contributed by atoms with Gasteiger partial charge in [0.25, 0.3) is 0 Å². The van der Waals surface area contributed by atoms with E-state index >= 15 is 0 Å². The summed E-state index contributed by atoms with van der Waals surface area (Å²) in [4.78, 5) is 2.30. The molecule has 0 saturated heterocycles. The number of nitrogens with zero attached hydrogens (tertiary/aromatic N) is 1. The molecular weight excluding hydrogens is 252 g/mol. The van der Waals surface area contributed by atoms with Gasteiger partial charge < -0.3 is 15.2 Å². The van der Waals surface area contributed by atoms with E-state index in [4.69, 9.17) is 15.2 Å². The van der Waals surface area contributed by atoms with Gasteiger partial charge in [-0.3, -0.25) is 4.90 Å². The van der Waals surface area contributed by atoms with Crippen LogP contribution < -0.4 is 15.2 Å². The van der Waals surface area contributed by atoms with Crippen LogP contribution in [0.15, 0.2) is 18.2 Å². The molecule has 1 unspecified atom stereocenters. The summed E-state index contributed by atoms with van der Waals surface area (Å²) in [5.41, 5.74) is 7.11. The molecule has 0 aromatic heterocycles. The first-order valence-corrected chi connectivity index (χ1v) is 7.15. The predicted octanol–water partition coefficient (Wildman–Crippen LogP) is 2.68. The minimum atomic E-state index is 0.178. The number of methoxy groups -OCH3 is 2. The average molecular weight is 280 g/mol. The van der Waals surface area contributed by atoms with Gasteiger partial charge in [0.2, 0.25) is 0 Å². The Morgan fingerprint density at radius 3 is 2.05 bits per heavy atom. The minimum Gasteiger partial charge on any atom is -0.497 e. The Bertz CT molecular complexity index is 385. The summed E-state index contributed by atoms with van der Waals surface area (Å²) in [6.45, 7) is 6.07. The number of hydrogen-bond donors (Lipinski definition) is 1. The topological polar surface area (TPSA) is 47.7 Å². The molecule has 0 aliphatic rings. The van der Waals surface area contributed by atoms with Crippen LogP contribution in [-0.2, 0) is 0 Å². The lowest BCUT2D eigenvalue weighted by atomic mass is 10.0. The summed E-state index contributed by atoms with van der Waals surface area (Å²) in [5.74, 6) is 2.29. The molecule has 1 aromatic carbocycles. The van der Waals surface area contributed by atoms with Crippen LogP contribution in [0, 0.1) is 5.92 Å². The second-order valence-corrected chi connectivity index (χ2v) is 5.56. The quantitative estimate of drug-likeness (QED) is 0.795. The lowest BCUT2D eigenvalue weighted by molar-refractivity contribution is 0.235. The first-order valence-electron chi connectivity index (χ1n) is 7.15. The van der Waals surface area contributed by atoms with E-state index < -0.39 is 0 Å². The zero-order chi connectivity index (χ0) is 15.1. The van der Waals surface area contributed by atoms with E-state index in [-0.39, 0.29) is 6.04 Å². The molecule has 0 radical (unpaired) electrons. The van der Waals surface area contributed by atoms with Crippen molar-refractivity contribution in [3.8, 4) is 11.5 Å². The van der Waals surface area contributed by atoms with Crippen molar-refractivity contribution in [3.63, 3.8) is 0 Å². The van der Waals surface area contributed by atoms with E-state index in [1.807, 2.05) is 18.2 Å². The summed E-state index contributed by atoms with van der Waals surface area (Å²) >= 11 is 0. The van der Waals surface area contributed by atoms with Crippen molar-refractivity contribution in [3.05, 3.63) is 23.8 Å². The molecule has 0 fully saturated rings. The van der Waals surface area contributed by atoms with Gasteiger partial charge in [0, 0.05) is 18.7 Å². The normalized spacial score (nSPS) is 12.8. The standard InChI is InChI=1S/C16H28N2O2/c1-12(2)6-7-18(3)16(11-17)13-8-14(19-4)10-15(9-13)20-5/h8-10,12,16H,6-7,11,17H2,1-5H3. The fourth-order valence-electron chi connectivity index (χ4n) is 2.21. The van der Waals surface area contributed by atoms with E-state index in [1.54, 1.807) is 14.2 Å². The van der Waals surface area contributed by atoms with Gasteiger partial charge in [-0.15, -0.1) is 0 Å². The first-order chi connectivity index (χ1) is 9.51. The number of benzene rings is 1. The van der Waals surface area contributed by atoms with E-state index in [2.05, 4.69) is 25.8 Å². The maximum Gasteiger partial charge on any atom is 0.122 e. The molecule has 4 nitrogen and oxygen atoms in total. The fraction of sp³-hybridized carbons (Fsp3) is 0.625. The zero-order valence-electron chi connectivity index (χ0n) is 13.3. The van der Waals surface area contributed by atoms with Crippen LogP contribution in [0.5, 0.6) is 11.5 Å². The number of ether oxygens (including phenoxy) is 2. The molecule has 0 aliphatic heterocycles. The number of hydrogen-bond acceptors (Lipinski definition) is 4. The third-order valence-corrected chi connectivity index (χ3v) is 3.57. The van der Waals surface area contributed by atoms with Gasteiger partial charge in [0.15, 0.2) is 0 Å². The van der Waals surface area contributed by atoms with Crippen molar-refractivity contribution in [1.82, 2.24) is 4.90 Å². The molecule has 0 bridgehead atoms. The van der Waals surface area contributed by atoms with Crippen molar-refractivity contribution < 1.29 is 9.47 Å². The Balaban J connectivity index is 2.92. The lowest BCUT2D eigenvalue weighted by Gasteiger charge is -2.28. The van der Waals surface area contributed by atoms with Crippen LogP contribution in [0.1, 0.15) is 31.9 Å². The van der Waals surface area contributed by atoms with Crippen molar-refractivity contribution in [2.24, 2.45) is 11.7 Å². The van der Waals surface area contributed by atoms with Gasteiger partial charge in [-0.25, -0.2) is 0 Å². The van der Waals surface area contributed by atoms with Gasteiger partial charge in [0.1, 0.15) is 11.5 Å². The molecular formula is C16H28N2O2. The number of likely N-dealkylation sites (N-methyl/N-ethyl adjacent to an activating group) is 1. The number of nitrogens with two attached hydrogens (primary N) is 1. The summed E-state index contributed by atoms with van der Waals surface area (Å²) in [6, 6.07) is 6.13. The predicted molar refractivity (Wildman–Crippen MR) is 83.4 cm³/mol. The smallest absolute Gasteiger partial charge is 0.122 e. The highest BCUT2D eigenvalue weighted by molar-refractivity contribution is 5.40. The molecule has 114 valence electrons. The van der Waals surface area contributed by atoms with Crippen molar-refractivity contribution in [2.75, 3.05) is 34.4 Å². The fourth-order valence-corrected chi connectivity index (χ4v) is 2.21. The SMILES string of the molecule is COc1cc(OC)cc(C(CN)N(C)CCC(C)C)c1. The Hall–Kier alpha value is -1.26. The molecule has 0 saturated carbocycles. The van der Waals surface area contributed by atoms with Gasteiger partial charge >= 0.3 is 0 Å². The maximum absolute atomic E-state index is 5.97. The van der Waals surface area contributed by atoms with Crippen LogP contribution >= 0.6 is 0 Å². The van der Waals surface area contributed by atoms with Crippen LogP contribution in [-0.4, -0.2) is 39.3 Å². The molecule has 20 heavy (non-hydrogen) atoms. The van der Waals surface area contributed by atoms with Crippen LogP contribution in [0.3, 0.4) is 0 Å². The highest BCUT2D eigenvalue weighted by atomic mass is 16.5. The minimum absolute atomic E-state index is 0.178. The third-order valence-electron chi connectivity index (χ3n) is 3.57. The molecule has 0 amide bonds. The van der Waals surface area contributed by atoms with Crippen molar-refractivity contribution in [1.29, 1.82) is 0 Å². The monoisotopic (exact) mass is 280 g/mol. The highest BCUT2D eigenvalue weighted by Crippen LogP contribution is 2.28. The molecule has 0 heterocycles. The van der Waals surface area contributed by atoms with E-state index in [0.29, 0.717) is 12.5 Å². The summed E-state index contributed by atoms with van der Waals surface area (Å²) in [6.07, 6.45) is 1.16. The second-order valence-electron chi connectivity index (χ2n) is 5.56.